The lowest BCUT2D eigenvalue weighted by Crippen LogP contribution is -2.45. The number of halogens is 4. The normalized spacial score (nSPS) is 17.3. The van der Waals surface area contributed by atoms with E-state index in [1.807, 2.05) is 30.0 Å². The number of hydrogen-bond acceptors (Lipinski definition) is 7. The summed E-state index contributed by atoms with van der Waals surface area (Å²) in [4.78, 5) is 17.8. The predicted molar refractivity (Wildman–Crippen MR) is 155 cm³/mol. The summed E-state index contributed by atoms with van der Waals surface area (Å²) in [6, 6.07) is 9.72. The quantitative estimate of drug-likeness (QED) is 0.179. The SMILES string of the molecule is C=CC(C(N)COc1ccc(C(C)(F)F)cn1)C(N)OC.CCc1cccc(C(=O)NCCN2CCC(F)(F)CC2)c1. The summed E-state index contributed by atoms with van der Waals surface area (Å²) in [6.07, 6.45) is 2.81. The molecule has 3 rings (SSSR count). The Morgan fingerprint density at radius 3 is 2.48 bits per heavy atom. The average Bonchev–Trinajstić information content (AvgIpc) is 2.97. The van der Waals surface area contributed by atoms with Gasteiger partial charge in [-0.1, -0.05) is 25.1 Å². The molecule has 0 spiro atoms. The molecule has 2 aromatic rings. The van der Waals surface area contributed by atoms with Crippen LogP contribution in [0.5, 0.6) is 5.88 Å². The fourth-order valence-electron chi connectivity index (χ4n) is 4.19. The topological polar surface area (TPSA) is 116 Å². The third-order valence-corrected chi connectivity index (χ3v) is 6.98. The first-order valence-corrected chi connectivity index (χ1v) is 13.9. The van der Waals surface area contributed by atoms with Gasteiger partial charge in [-0.3, -0.25) is 4.79 Å². The third kappa shape index (κ3) is 11.7. The van der Waals surface area contributed by atoms with Crippen molar-refractivity contribution < 1.29 is 31.8 Å². The number of aromatic nitrogens is 1. The number of nitrogens with two attached hydrogens (primary N) is 2. The van der Waals surface area contributed by atoms with Crippen LogP contribution in [0.15, 0.2) is 55.3 Å². The largest absolute Gasteiger partial charge is 0.476 e. The van der Waals surface area contributed by atoms with Crippen LogP contribution in [0.25, 0.3) is 0 Å². The van der Waals surface area contributed by atoms with Crippen LogP contribution in [-0.2, 0) is 17.1 Å². The Labute approximate surface area is 245 Å². The summed E-state index contributed by atoms with van der Waals surface area (Å²) in [6.45, 7) is 8.52. The summed E-state index contributed by atoms with van der Waals surface area (Å²) < 4.78 is 62.5. The zero-order valence-electron chi connectivity index (χ0n) is 24.5. The maximum Gasteiger partial charge on any atom is 0.272 e. The van der Waals surface area contributed by atoms with Gasteiger partial charge in [-0.05, 0) is 30.2 Å². The molecule has 12 heteroatoms. The van der Waals surface area contributed by atoms with E-state index in [2.05, 4.69) is 16.9 Å². The number of hydrogen-bond donors (Lipinski definition) is 3. The van der Waals surface area contributed by atoms with Crippen LogP contribution in [0.1, 0.15) is 48.2 Å². The molecule has 1 aromatic heterocycles. The van der Waals surface area contributed by atoms with Crippen LogP contribution < -0.4 is 21.5 Å². The smallest absolute Gasteiger partial charge is 0.272 e. The number of piperidine rings is 1. The number of pyridine rings is 1. The Kier molecular flexibility index (Phi) is 13.8. The van der Waals surface area contributed by atoms with Gasteiger partial charge in [0.2, 0.25) is 5.88 Å². The molecule has 1 amide bonds. The highest BCUT2D eigenvalue weighted by atomic mass is 19.3. The molecular weight excluding hydrogens is 554 g/mol. The van der Waals surface area contributed by atoms with Crippen molar-refractivity contribution in [2.45, 2.75) is 57.2 Å². The summed E-state index contributed by atoms with van der Waals surface area (Å²) in [5.74, 6) is -5.63. The lowest BCUT2D eigenvalue weighted by atomic mass is 10.00. The van der Waals surface area contributed by atoms with Gasteiger partial charge in [-0.25, -0.2) is 22.5 Å². The number of aryl methyl sites for hydroxylation is 1. The second-order valence-corrected chi connectivity index (χ2v) is 10.3. The van der Waals surface area contributed by atoms with E-state index in [0.29, 0.717) is 31.7 Å². The molecule has 0 aliphatic carbocycles. The van der Waals surface area contributed by atoms with Gasteiger partial charge >= 0.3 is 0 Å². The number of carbonyl (C=O) groups is 1. The van der Waals surface area contributed by atoms with Crippen LogP contribution in [0.3, 0.4) is 0 Å². The summed E-state index contributed by atoms with van der Waals surface area (Å²) >= 11 is 0. The highest BCUT2D eigenvalue weighted by Gasteiger charge is 2.33. The zero-order valence-corrected chi connectivity index (χ0v) is 24.5. The Bertz CT molecular complexity index is 1100. The van der Waals surface area contributed by atoms with E-state index in [9.17, 15) is 22.4 Å². The second-order valence-electron chi connectivity index (χ2n) is 10.3. The minimum Gasteiger partial charge on any atom is -0.476 e. The van der Waals surface area contributed by atoms with Crippen LogP contribution in [-0.4, -0.2) is 73.9 Å². The number of carbonyl (C=O) groups excluding carboxylic acids is 1. The molecule has 42 heavy (non-hydrogen) atoms. The lowest BCUT2D eigenvalue weighted by molar-refractivity contribution is -0.0547. The molecule has 1 aromatic carbocycles. The number of amides is 1. The second kappa shape index (κ2) is 16.5. The predicted octanol–water partition coefficient (Wildman–Crippen LogP) is 4.34. The molecule has 2 heterocycles. The Morgan fingerprint density at radius 2 is 1.93 bits per heavy atom. The number of ether oxygens (including phenoxy) is 2. The van der Waals surface area contributed by atoms with E-state index in [4.69, 9.17) is 20.9 Å². The van der Waals surface area contributed by atoms with Crippen molar-refractivity contribution >= 4 is 5.91 Å². The lowest BCUT2D eigenvalue weighted by Gasteiger charge is -2.31. The molecule has 1 aliphatic heterocycles. The van der Waals surface area contributed by atoms with E-state index in [0.717, 1.165) is 25.1 Å². The van der Waals surface area contributed by atoms with Crippen LogP contribution >= 0.6 is 0 Å². The highest BCUT2D eigenvalue weighted by Crippen LogP contribution is 2.28. The first-order chi connectivity index (χ1) is 19.8. The maximum absolute atomic E-state index is 13.0. The van der Waals surface area contributed by atoms with Gasteiger partial charge < -0.3 is 31.2 Å². The number of rotatable bonds is 13. The minimum absolute atomic E-state index is 0.0838. The molecule has 234 valence electrons. The molecule has 3 atom stereocenters. The zero-order chi connectivity index (χ0) is 31.3. The van der Waals surface area contributed by atoms with Crippen molar-refractivity contribution in [2.24, 2.45) is 17.4 Å². The first kappa shape index (κ1) is 35.1. The average molecular weight is 598 g/mol. The van der Waals surface area contributed by atoms with Gasteiger partial charge in [0.15, 0.2) is 0 Å². The van der Waals surface area contributed by atoms with Gasteiger partial charge in [0, 0.05) is 88.4 Å². The van der Waals surface area contributed by atoms with E-state index in [-0.39, 0.29) is 42.7 Å². The van der Waals surface area contributed by atoms with Gasteiger partial charge in [-0.15, -0.1) is 6.58 Å². The summed E-state index contributed by atoms with van der Waals surface area (Å²) in [7, 11) is 1.47. The molecule has 1 aliphatic rings. The Morgan fingerprint density at radius 1 is 1.24 bits per heavy atom. The number of alkyl halides is 4. The van der Waals surface area contributed by atoms with E-state index >= 15 is 0 Å². The van der Waals surface area contributed by atoms with Crippen LogP contribution in [0, 0.1) is 5.92 Å². The molecule has 5 N–H and O–H groups in total. The third-order valence-electron chi connectivity index (χ3n) is 6.98. The van der Waals surface area contributed by atoms with Gasteiger partial charge in [0.25, 0.3) is 17.8 Å². The van der Waals surface area contributed by atoms with E-state index in [1.165, 1.54) is 19.2 Å². The van der Waals surface area contributed by atoms with Gasteiger partial charge in [-0.2, -0.15) is 0 Å². The van der Waals surface area contributed by atoms with Crippen LogP contribution in [0.4, 0.5) is 17.6 Å². The van der Waals surface area contributed by atoms with E-state index in [1.54, 1.807) is 12.1 Å². The van der Waals surface area contributed by atoms with Crippen molar-refractivity contribution in [1.29, 1.82) is 0 Å². The Balaban J connectivity index is 0.000000293. The number of nitrogens with zero attached hydrogens (tertiary/aromatic N) is 2. The first-order valence-electron chi connectivity index (χ1n) is 13.9. The molecule has 0 bridgehead atoms. The van der Waals surface area contributed by atoms with Crippen LogP contribution in [0.2, 0.25) is 0 Å². The summed E-state index contributed by atoms with van der Waals surface area (Å²) in [5.41, 5.74) is 13.3. The highest BCUT2D eigenvalue weighted by molar-refractivity contribution is 5.94. The monoisotopic (exact) mass is 597 g/mol. The fraction of sp³-hybridized carbons (Fsp3) is 0.533. The number of nitrogens with one attached hydrogen (secondary N) is 1. The molecule has 8 nitrogen and oxygen atoms in total. The number of benzene rings is 1. The maximum atomic E-state index is 13.0. The molecule has 1 saturated heterocycles. The van der Waals surface area contributed by atoms with Crippen molar-refractivity contribution in [3.63, 3.8) is 0 Å². The fourth-order valence-corrected chi connectivity index (χ4v) is 4.19. The van der Waals surface area contributed by atoms with Gasteiger partial charge in [0.1, 0.15) is 12.8 Å². The van der Waals surface area contributed by atoms with Crippen molar-refractivity contribution in [2.75, 3.05) is 39.9 Å². The van der Waals surface area contributed by atoms with Gasteiger partial charge in [0.05, 0.1) is 0 Å². The molecular formula is C30H43F4N5O3. The Hall–Kier alpha value is -3.06. The molecule has 3 unspecified atom stereocenters. The number of methoxy groups -OCH3 is 1. The van der Waals surface area contributed by atoms with Crippen molar-refractivity contribution in [3.05, 3.63) is 71.9 Å². The minimum atomic E-state index is -2.93. The number of likely N-dealkylation sites (tertiary alicyclic amines) is 1. The molecule has 0 saturated carbocycles. The summed E-state index contributed by atoms with van der Waals surface area (Å²) in [5, 5.41) is 2.85. The molecule has 0 radical (unpaired) electrons. The molecule has 1 fully saturated rings. The van der Waals surface area contributed by atoms with Crippen molar-refractivity contribution in [3.8, 4) is 5.88 Å². The van der Waals surface area contributed by atoms with Crippen molar-refractivity contribution in [1.82, 2.24) is 15.2 Å². The standard InChI is InChI=1S/C16H22F2N2O.C14H21F2N3O2/c1-2-13-4-3-5-14(12-13)15(21)19-8-11-20-9-6-16(17,18)7-10-20;1-4-10(13(18)20-3)11(17)8-21-12-6-5-9(7-19-12)14(2,15)16/h3-5,12H,2,6-11H2,1H3,(H,19,21);4-7,10-11,13H,1,8,17-18H2,2-3H3. The van der Waals surface area contributed by atoms with E-state index < -0.39 is 24.1 Å².